The summed E-state index contributed by atoms with van der Waals surface area (Å²) in [5, 5.41) is 21.2. The van der Waals surface area contributed by atoms with Crippen LogP contribution in [0.15, 0.2) is 65.5 Å². The summed E-state index contributed by atoms with van der Waals surface area (Å²) in [6, 6.07) is 18.3. The van der Waals surface area contributed by atoms with Crippen molar-refractivity contribution in [2.45, 2.75) is 37.6 Å². The molecule has 2 N–H and O–H groups in total. The number of carbonyl (C=O) groups excluding carboxylic acids is 1. The number of nitrogens with zero attached hydrogens (tertiary/aromatic N) is 5. The van der Waals surface area contributed by atoms with E-state index in [1.165, 1.54) is 11.6 Å². The average Bonchev–Trinajstić information content (AvgIpc) is 3.38. The van der Waals surface area contributed by atoms with Crippen LogP contribution in [0, 0.1) is 0 Å². The minimum absolute atomic E-state index is 0.0348. The first-order chi connectivity index (χ1) is 16.6. The van der Waals surface area contributed by atoms with Gasteiger partial charge in [-0.05, 0) is 72.7 Å². The molecule has 2 aromatic heterocycles. The molecule has 1 amide bonds. The Balaban J connectivity index is 1.33. The Morgan fingerprint density at radius 2 is 1.85 bits per heavy atom. The number of carbonyl (C=O) groups is 1. The van der Waals surface area contributed by atoms with Crippen LogP contribution < -0.4 is 10.9 Å². The lowest BCUT2D eigenvalue weighted by Crippen LogP contribution is -2.29. The second kappa shape index (κ2) is 9.56. The van der Waals surface area contributed by atoms with Gasteiger partial charge in [-0.1, -0.05) is 41.0 Å². The molecule has 2 heterocycles. The number of H-pyrrole nitrogens is 1. The van der Waals surface area contributed by atoms with E-state index < -0.39 is 0 Å². The second-order valence-electron chi connectivity index (χ2n) is 8.33. The van der Waals surface area contributed by atoms with Crippen molar-refractivity contribution in [2.75, 3.05) is 5.32 Å². The van der Waals surface area contributed by atoms with Gasteiger partial charge in [-0.15, -0.1) is 5.10 Å². The van der Waals surface area contributed by atoms with Crippen molar-refractivity contribution in [1.82, 2.24) is 30.4 Å². The van der Waals surface area contributed by atoms with Gasteiger partial charge in [0.25, 0.3) is 17.4 Å². The normalized spacial score (nSPS) is 17.9. The SMILES string of the molecule is O=C(Nc1nn[nH]n1)c1cccc(-c2ccc(=O)n(C3CCC(c4cccc(Cl)c4)CC3)n2)c1. The zero-order chi connectivity index (χ0) is 23.5. The molecule has 1 aliphatic carbocycles. The second-order valence-corrected chi connectivity index (χ2v) is 8.77. The molecule has 5 rings (SSSR count). The molecule has 172 valence electrons. The third kappa shape index (κ3) is 4.74. The summed E-state index contributed by atoms with van der Waals surface area (Å²) in [5.41, 5.74) is 2.91. The number of hydrogen-bond donors (Lipinski definition) is 2. The highest BCUT2D eigenvalue weighted by Gasteiger charge is 2.25. The summed E-state index contributed by atoms with van der Waals surface area (Å²) in [7, 11) is 0. The maximum Gasteiger partial charge on any atom is 0.270 e. The Hall–Kier alpha value is -3.85. The van der Waals surface area contributed by atoms with Crippen LogP contribution in [0.3, 0.4) is 0 Å². The fourth-order valence-corrected chi connectivity index (χ4v) is 4.66. The van der Waals surface area contributed by atoms with E-state index in [1.807, 2.05) is 24.3 Å². The number of anilines is 1. The minimum atomic E-state index is -0.365. The number of benzene rings is 2. The van der Waals surface area contributed by atoms with Gasteiger partial charge in [-0.3, -0.25) is 14.9 Å². The number of tetrazole rings is 1. The largest absolute Gasteiger partial charge is 0.288 e. The van der Waals surface area contributed by atoms with Crippen LogP contribution in [0.1, 0.15) is 53.6 Å². The van der Waals surface area contributed by atoms with E-state index >= 15 is 0 Å². The predicted octanol–water partition coefficient (Wildman–Crippen LogP) is 4.23. The molecular weight excluding hydrogens is 454 g/mol. The summed E-state index contributed by atoms with van der Waals surface area (Å²) in [5.74, 6) is 0.162. The topological polar surface area (TPSA) is 118 Å². The maximum atomic E-state index is 12.6. The predicted molar refractivity (Wildman–Crippen MR) is 128 cm³/mol. The molecule has 9 nitrogen and oxygen atoms in total. The molecular formula is C24H22ClN7O2. The summed E-state index contributed by atoms with van der Waals surface area (Å²) >= 11 is 6.16. The number of hydrogen-bond acceptors (Lipinski definition) is 6. The van der Waals surface area contributed by atoms with Crippen LogP contribution in [0.2, 0.25) is 5.02 Å². The quantitative estimate of drug-likeness (QED) is 0.446. The highest BCUT2D eigenvalue weighted by molar-refractivity contribution is 6.30. The first kappa shape index (κ1) is 22.0. The lowest BCUT2D eigenvalue weighted by molar-refractivity contribution is 0.102. The number of nitrogens with one attached hydrogen (secondary N) is 2. The number of aromatic amines is 1. The lowest BCUT2D eigenvalue weighted by atomic mass is 9.82. The van der Waals surface area contributed by atoms with Crippen molar-refractivity contribution in [3.8, 4) is 11.3 Å². The van der Waals surface area contributed by atoms with Crippen LogP contribution >= 0.6 is 11.6 Å². The first-order valence-corrected chi connectivity index (χ1v) is 11.5. The molecule has 0 radical (unpaired) electrons. The summed E-state index contributed by atoms with van der Waals surface area (Å²) in [6.45, 7) is 0. The van der Waals surface area contributed by atoms with Gasteiger partial charge in [0.2, 0.25) is 0 Å². The number of amides is 1. The van der Waals surface area contributed by atoms with Gasteiger partial charge < -0.3 is 0 Å². The molecule has 1 aliphatic rings. The van der Waals surface area contributed by atoms with E-state index in [-0.39, 0.29) is 23.5 Å². The molecule has 0 atom stereocenters. The maximum absolute atomic E-state index is 12.6. The van der Waals surface area contributed by atoms with Crippen LogP contribution in [0.4, 0.5) is 5.95 Å². The first-order valence-electron chi connectivity index (χ1n) is 11.1. The standard InChI is InChI=1S/C24H22ClN7O2/c25-19-6-2-3-16(14-19)15-7-9-20(10-8-15)32-22(33)12-11-21(29-32)17-4-1-5-18(13-17)23(34)26-24-27-30-31-28-24/h1-6,11-15,20H,7-10H2,(H2,26,27,28,30,31,34). The fraction of sp³-hybridized carbons (Fsp3) is 0.250. The van der Waals surface area contributed by atoms with E-state index in [4.69, 9.17) is 11.6 Å². The molecule has 10 heteroatoms. The number of halogens is 1. The lowest BCUT2D eigenvalue weighted by Gasteiger charge is -2.29. The van der Waals surface area contributed by atoms with Gasteiger partial charge in [0.15, 0.2) is 0 Å². The molecule has 0 aliphatic heterocycles. The molecule has 0 bridgehead atoms. The Kier molecular flexibility index (Phi) is 6.18. The molecule has 1 saturated carbocycles. The zero-order valence-corrected chi connectivity index (χ0v) is 18.9. The number of rotatable bonds is 5. The van der Waals surface area contributed by atoms with Crippen molar-refractivity contribution in [2.24, 2.45) is 0 Å². The van der Waals surface area contributed by atoms with E-state index in [0.29, 0.717) is 17.2 Å². The van der Waals surface area contributed by atoms with Crippen molar-refractivity contribution < 1.29 is 4.79 Å². The van der Waals surface area contributed by atoms with Crippen molar-refractivity contribution in [3.05, 3.63) is 87.2 Å². The van der Waals surface area contributed by atoms with Gasteiger partial charge in [0.1, 0.15) is 0 Å². The summed E-state index contributed by atoms with van der Waals surface area (Å²) < 4.78 is 1.59. The van der Waals surface area contributed by atoms with Crippen LogP contribution in [0.25, 0.3) is 11.3 Å². The van der Waals surface area contributed by atoms with E-state index in [9.17, 15) is 9.59 Å². The fourth-order valence-electron chi connectivity index (χ4n) is 4.46. The van der Waals surface area contributed by atoms with Crippen molar-refractivity contribution >= 4 is 23.5 Å². The molecule has 0 spiro atoms. The van der Waals surface area contributed by atoms with Gasteiger partial charge in [-0.2, -0.15) is 10.3 Å². The molecule has 1 fully saturated rings. The highest BCUT2D eigenvalue weighted by atomic mass is 35.5. The molecule has 2 aromatic carbocycles. The molecule has 0 unspecified atom stereocenters. The molecule has 0 saturated heterocycles. The van der Waals surface area contributed by atoms with Crippen molar-refractivity contribution in [1.29, 1.82) is 0 Å². The van der Waals surface area contributed by atoms with Gasteiger partial charge >= 0.3 is 0 Å². The van der Waals surface area contributed by atoms with Crippen LogP contribution in [0.5, 0.6) is 0 Å². The Labute approximate surface area is 200 Å². The zero-order valence-electron chi connectivity index (χ0n) is 18.2. The Morgan fingerprint density at radius 1 is 1.03 bits per heavy atom. The van der Waals surface area contributed by atoms with Gasteiger partial charge in [0.05, 0.1) is 11.7 Å². The molecule has 34 heavy (non-hydrogen) atoms. The van der Waals surface area contributed by atoms with Gasteiger partial charge in [-0.25, -0.2) is 4.68 Å². The van der Waals surface area contributed by atoms with Crippen LogP contribution in [-0.4, -0.2) is 36.3 Å². The Bertz CT molecular complexity index is 1360. The minimum Gasteiger partial charge on any atom is -0.288 e. The van der Waals surface area contributed by atoms with Crippen LogP contribution in [-0.2, 0) is 0 Å². The van der Waals surface area contributed by atoms with E-state index in [0.717, 1.165) is 36.3 Å². The van der Waals surface area contributed by atoms with Crippen molar-refractivity contribution in [3.63, 3.8) is 0 Å². The average molecular weight is 476 g/mol. The van der Waals surface area contributed by atoms with E-state index in [2.05, 4.69) is 37.1 Å². The van der Waals surface area contributed by atoms with Gasteiger partial charge in [0, 0.05) is 22.2 Å². The summed E-state index contributed by atoms with van der Waals surface area (Å²) in [6.07, 6.45) is 3.66. The number of aromatic nitrogens is 6. The summed E-state index contributed by atoms with van der Waals surface area (Å²) in [4.78, 5) is 25.2. The third-order valence-electron chi connectivity index (χ3n) is 6.18. The monoisotopic (exact) mass is 475 g/mol. The molecule has 4 aromatic rings. The smallest absolute Gasteiger partial charge is 0.270 e. The Morgan fingerprint density at radius 3 is 2.62 bits per heavy atom. The highest BCUT2D eigenvalue weighted by Crippen LogP contribution is 2.38. The van der Waals surface area contributed by atoms with E-state index in [1.54, 1.807) is 28.9 Å². The third-order valence-corrected chi connectivity index (χ3v) is 6.41.